The summed E-state index contributed by atoms with van der Waals surface area (Å²) in [6.45, 7) is 16.9. The van der Waals surface area contributed by atoms with E-state index in [4.69, 9.17) is 4.74 Å². The molecule has 1 amide bonds. The van der Waals surface area contributed by atoms with E-state index in [-0.39, 0.29) is 23.2 Å². The molecule has 1 aromatic heterocycles. The fourth-order valence-electron chi connectivity index (χ4n) is 3.67. The van der Waals surface area contributed by atoms with E-state index in [9.17, 15) is 4.79 Å². The normalized spacial score (nSPS) is 12.3. The Hall–Kier alpha value is -3.06. The van der Waals surface area contributed by atoms with Crippen molar-refractivity contribution >= 4 is 23.4 Å². The molecule has 2 aromatic carbocycles. The summed E-state index contributed by atoms with van der Waals surface area (Å²) in [5, 5.41) is 12.3. The van der Waals surface area contributed by atoms with Crippen molar-refractivity contribution in [2.75, 3.05) is 11.1 Å². The highest BCUT2D eigenvalue weighted by molar-refractivity contribution is 7.99. The number of nitrogens with one attached hydrogen (secondary N) is 1. The van der Waals surface area contributed by atoms with Gasteiger partial charge in [-0.25, -0.2) is 0 Å². The van der Waals surface area contributed by atoms with E-state index >= 15 is 0 Å². The first kappa shape index (κ1) is 25.6. The van der Waals surface area contributed by atoms with E-state index in [1.54, 1.807) is 6.08 Å². The molecule has 7 heteroatoms. The minimum atomic E-state index is -0.314. The second-order valence-corrected chi connectivity index (χ2v) is 10.4. The Balaban J connectivity index is 1.67. The lowest BCUT2D eigenvalue weighted by atomic mass is 9.87. The molecule has 6 nitrogen and oxygen atoms in total. The van der Waals surface area contributed by atoms with Crippen LogP contribution in [0.4, 0.5) is 5.69 Å². The first-order chi connectivity index (χ1) is 16.1. The summed E-state index contributed by atoms with van der Waals surface area (Å²) in [7, 11) is 0. The van der Waals surface area contributed by atoms with Gasteiger partial charge in [-0.1, -0.05) is 56.8 Å². The standard InChI is InChI=1S/C27H34N4O2S/c1-8-13-31-25(20(4)33-23-11-9-21(10-12-23)27(5,6)7)29-30-26(31)34-17-24(32)28-22-15-18(2)14-19(3)16-22/h8-12,14-16,20H,1,13,17H2,2-7H3,(H,28,32). The van der Waals surface area contributed by atoms with Crippen molar-refractivity contribution in [2.45, 2.75) is 64.8 Å². The molecule has 0 saturated carbocycles. The molecule has 0 radical (unpaired) electrons. The lowest BCUT2D eigenvalue weighted by Crippen LogP contribution is -2.16. The summed E-state index contributed by atoms with van der Waals surface area (Å²) in [6.07, 6.45) is 1.48. The number of amides is 1. The van der Waals surface area contributed by atoms with Gasteiger partial charge in [0.15, 0.2) is 17.1 Å². The second-order valence-electron chi connectivity index (χ2n) is 9.49. The molecular weight excluding hydrogens is 444 g/mol. The van der Waals surface area contributed by atoms with Crippen LogP contribution in [0.5, 0.6) is 5.75 Å². The quantitative estimate of drug-likeness (QED) is 0.291. The Morgan fingerprint density at radius 3 is 2.38 bits per heavy atom. The fraction of sp³-hybridized carbons (Fsp3) is 0.370. The van der Waals surface area contributed by atoms with Gasteiger partial charge in [0.2, 0.25) is 5.91 Å². The number of carbonyl (C=O) groups excluding carboxylic acids is 1. The number of thioether (sulfide) groups is 1. The minimum absolute atomic E-state index is 0.0882. The Labute approximate surface area is 206 Å². The van der Waals surface area contributed by atoms with Gasteiger partial charge in [0, 0.05) is 12.2 Å². The highest BCUT2D eigenvalue weighted by Crippen LogP contribution is 2.28. The smallest absolute Gasteiger partial charge is 0.234 e. The molecule has 1 heterocycles. The predicted molar refractivity (Wildman–Crippen MR) is 140 cm³/mol. The van der Waals surface area contributed by atoms with E-state index in [0.29, 0.717) is 17.5 Å². The highest BCUT2D eigenvalue weighted by atomic mass is 32.2. The van der Waals surface area contributed by atoms with Gasteiger partial charge in [-0.15, -0.1) is 16.8 Å². The SMILES string of the molecule is C=CCn1c(SCC(=O)Nc2cc(C)cc(C)c2)nnc1C(C)Oc1ccc(C(C)(C)C)cc1. The molecule has 3 rings (SSSR count). The zero-order valence-electron chi connectivity index (χ0n) is 20.9. The molecule has 3 aromatic rings. The van der Waals surface area contributed by atoms with Crippen LogP contribution in [-0.2, 0) is 16.8 Å². The average molecular weight is 479 g/mol. The molecule has 180 valence electrons. The first-order valence-electron chi connectivity index (χ1n) is 11.4. The molecule has 0 spiro atoms. The number of aromatic nitrogens is 3. The van der Waals surface area contributed by atoms with Crippen molar-refractivity contribution < 1.29 is 9.53 Å². The maximum atomic E-state index is 12.5. The lowest BCUT2D eigenvalue weighted by Gasteiger charge is -2.20. The zero-order chi connectivity index (χ0) is 24.9. The summed E-state index contributed by atoms with van der Waals surface area (Å²) in [4.78, 5) is 12.5. The highest BCUT2D eigenvalue weighted by Gasteiger charge is 2.20. The zero-order valence-corrected chi connectivity index (χ0v) is 21.7. The minimum Gasteiger partial charge on any atom is -0.483 e. The summed E-state index contributed by atoms with van der Waals surface area (Å²) in [6, 6.07) is 14.1. The van der Waals surface area contributed by atoms with Gasteiger partial charge in [-0.05, 0) is 67.1 Å². The van der Waals surface area contributed by atoms with Crippen LogP contribution < -0.4 is 10.1 Å². The number of aryl methyl sites for hydroxylation is 2. The molecule has 0 fully saturated rings. The van der Waals surface area contributed by atoms with Gasteiger partial charge in [0.1, 0.15) is 5.75 Å². The van der Waals surface area contributed by atoms with Gasteiger partial charge in [-0.3, -0.25) is 9.36 Å². The number of benzene rings is 2. The van der Waals surface area contributed by atoms with Crippen LogP contribution in [0.2, 0.25) is 0 Å². The van der Waals surface area contributed by atoms with E-state index in [2.05, 4.69) is 61.1 Å². The molecule has 0 saturated heterocycles. The van der Waals surface area contributed by atoms with Crippen molar-refractivity contribution in [2.24, 2.45) is 0 Å². The largest absolute Gasteiger partial charge is 0.483 e. The molecule has 0 bridgehead atoms. The molecule has 0 aliphatic rings. The molecule has 0 aliphatic heterocycles. The Morgan fingerprint density at radius 2 is 1.79 bits per heavy atom. The number of nitrogens with zero attached hydrogens (tertiary/aromatic N) is 3. The van der Waals surface area contributed by atoms with Crippen molar-refractivity contribution in [3.8, 4) is 5.75 Å². The summed E-state index contributed by atoms with van der Waals surface area (Å²) in [5.74, 6) is 1.60. The molecule has 1 atom stereocenters. The average Bonchev–Trinajstić information content (AvgIpc) is 3.14. The van der Waals surface area contributed by atoms with Gasteiger partial charge < -0.3 is 10.1 Å². The van der Waals surface area contributed by atoms with Gasteiger partial charge in [0.25, 0.3) is 0 Å². The van der Waals surface area contributed by atoms with Crippen LogP contribution >= 0.6 is 11.8 Å². The van der Waals surface area contributed by atoms with Gasteiger partial charge >= 0.3 is 0 Å². The molecular formula is C27H34N4O2S. The maximum Gasteiger partial charge on any atom is 0.234 e. The van der Waals surface area contributed by atoms with Crippen LogP contribution in [0.25, 0.3) is 0 Å². The molecule has 1 N–H and O–H groups in total. The molecule has 1 unspecified atom stereocenters. The van der Waals surface area contributed by atoms with Crippen LogP contribution in [0.15, 0.2) is 60.3 Å². The van der Waals surface area contributed by atoms with Crippen LogP contribution in [0, 0.1) is 13.8 Å². The van der Waals surface area contributed by atoms with Crippen molar-refractivity contribution in [3.63, 3.8) is 0 Å². The number of ether oxygens (including phenoxy) is 1. The number of hydrogen-bond donors (Lipinski definition) is 1. The number of carbonyl (C=O) groups is 1. The van der Waals surface area contributed by atoms with Crippen LogP contribution in [0.3, 0.4) is 0 Å². The van der Waals surface area contributed by atoms with Crippen LogP contribution in [0.1, 0.15) is 56.3 Å². The monoisotopic (exact) mass is 478 g/mol. The molecule has 34 heavy (non-hydrogen) atoms. The summed E-state index contributed by atoms with van der Waals surface area (Å²) in [5.41, 5.74) is 4.36. The number of hydrogen-bond acceptors (Lipinski definition) is 5. The Bertz CT molecular complexity index is 1130. The Kier molecular flexibility index (Phi) is 8.20. The number of allylic oxidation sites excluding steroid dienone is 1. The van der Waals surface area contributed by atoms with Crippen molar-refractivity contribution in [3.05, 3.63) is 77.6 Å². The van der Waals surface area contributed by atoms with Gasteiger partial charge in [0.05, 0.1) is 5.75 Å². The fourth-order valence-corrected chi connectivity index (χ4v) is 4.43. The predicted octanol–water partition coefficient (Wildman–Crippen LogP) is 6.25. The van der Waals surface area contributed by atoms with E-state index in [1.165, 1.54) is 17.3 Å². The van der Waals surface area contributed by atoms with Gasteiger partial charge in [-0.2, -0.15) is 0 Å². The third-order valence-corrected chi connectivity index (χ3v) is 6.26. The number of rotatable bonds is 9. The first-order valence-corrected chi connectivity index (χ1v) is 12.4. The second kappa shape index (κ2) is 10.9. The van der Waals surface area contributed by atoms with Crippen molar-refractivity contribution in [1.29, 1.82) is 0 Å². The van der Waals surface area contributed by atoms with E-state index in [0.717, 1.165) is 22.6 Å². The Morgan fingerprint density at radius 1 is 1.15 bits per heavy atom. The third kappa shape index (κ3) is 6.73. The third-order valence-electron chi connectivity index (χ3n) is 5.29. The van der Waals surface area contributed by atoms with Crippen LogP contribution in [-0.4, -0.2) is 26.4 Å². The number of anilines is 1. The maximum absolute atomic E-state index is 12.5. The summed E-state index contributed by atoms with van der Waals surface area (Å²) < 4.78 is 8.09. The van der Waals surface area contributed by atoms with Crippen molar-refractivity contribution in [1.82, 2.24) is 14.8 Å². The lowest BCUT2D eigenvalue weighted by molar-refractivity contribution is -0.113. The van der Waals surface area contributed by atoms with E-state index < -0.39 is 0 Å². The molecule has 0 aliphatic carbocycles. The van der Waals surface area contributed by atoms with E-state index in [1.807, 2.05) is 49.6 Å². The topological polar surface area (TPSA) is 69.0 Å². The summed E-state index contributed by atoms with van der Waals surface area (Å²) >= 11 is 1.35.